The number of hydrogen-bond donors (Lipinski definition) is 1. The Balaban J connectivity index is 1.74. The monoisotopic (exact) mass is 283 g/mol. The first-order valence-corrected chi connectivity index (χ1v) is 7.45. The van der Waals surface area contributed by atoms with E-state index in [0.717, 1.165) is 39.0 Å². The first kappa shape index (κ1) is 13.8. The van der Waals surface area contributed by atoms with Crippen molar-refractivity contribution in [3.8, 4) is 0 Å². The SMILES string of the molecule is COC(=O)C1C(C(=O)N2CC[NH+](C)CC2)[C@@H]2CC[C@H]1O2. The van der Waals surface area contributed by atoms with E-state index in [2.05, 4.69) is 7.05 Å². The summed E-state index contributed by atoms with van der Waals surface area (Å²) < 4.78 is 10.7. The lowest BCUT2D eigenvalue weighted by Gasteiger charge is -2.34. The van der Waals surface area contributed by atoms with Gasteiger partial charge in [-0.2, -0.15) is 0 Å². The Labute approximate surface area is 119 Å². The summed E-state index contributed by atoms with van der Waals surface area (Å²) in [7, 11) is 3.52. The highest BCUT2D eigenvalue weighted by Gasteiger charge is 2.56. The average Bonchev–Trinajstić information content (AvgIpc) is 3.07. The number of nitrogens with one attached hydrogen (secondary N) is 1. The van der Waals surface area contributed by atoms with Gasteiger partial charge in [-0.15, -0.1) is 0 Å². The predicted molar refractivity (Wildman–Crippen MR) is 70.1 cm³/mol. The maximum absolute atomic E-state index is 12.8. The van der Waals surface area contributed by atoms with Gasteiger partial charge in [-0.25, -0.2) is 0 Å². The molecule has 6 nitrogen and oxygen atoms in total. The van der Waals surface area contributed by atoms with Crippen LogP contribution in [0.2, 0.25) is 0 Å². The van der Waals surface area contributed by atoms with Gasteiger partial charge in [0.25, 0.3) is 0 Å². The van der Waals surface area contributed by atoms with E-state index < -0.39 is 5.92 Å². The zero-order chi connectivity index (χ0) is 14.3. The van der Waals surface area contributed by atoms with E-state index in [1.54, 1.807) is 0 Å². The van der Waals surface area contributed by atoms with Crippen molar-refractivity contribution in [3.63, 3.8) is 0 Å². The number of methoxy groups -OCH3 is 1. The van der Waals surface area contributed by atoms with Gasteiger partial charge >= 0.3 is 5.97 Å². The van der Waals surface area contributed by atoms with Crippen LogP contribution < -0.4 is 4.90 Å². The molecule has 3 aliphatic heterocycles. The highest BCUT2D eigenvalue weighted by molar-refractivity contribution is 5.87. The van der Waals surface area contributed by atoms with Crippen molar-refractivity contribution in [1.29, 1.82) is 0 Å². The molecule has 3 saturated heterocycles. The molecule has 3 heterocycles. The van der Waals surface area contributed by atoms with Crippen LogP contribution >= 0.6 is 0 Å². The van der Waals surface area contributed by atoms with Crippen LogP contribution in [0.25, 0.3) is 0 Å². The Morgan fingerprint density at radius 1 is 1.15 bits per heavy atom. The number of hydrogen-bond acceptors (Lipinski definition) is 4. The van der Waals surface area contributed by atoms with Gasteiger partial charge in [0.05, 0.1) is 64.4 Å². The molecule has 0 aromatic rings. The van der Waals surface area contributed by atoms with Crippen molar-refractivity contribution >= 4 is 11.9 Å². The lowest BCUT2D eigenvalue weighted by Crippen LogP contribution is -3.12. The van der Waals surface area contributed by atoms with E-state index in [-0.39, 0.29) is 30.0 Å². The fourth-order valence-electron chi connectivity index (χ4n) is 3.75. The Hall–Kier alpha value is -1.14. The zero-order valence-electron chi connectivity index (χ0n) is 12.1. The molecular formula is C14H23N2O4+. The topological polar surface area (TPSA) is 60.3 Å². The minimum absolute atomic E-state index is 0.0834. The molecule has 3 rings (SSSR count). The van der Waals surface area contributed by atoms with Crippen molar-refractivity contribution < 1.29 is 24.0 Å². The summed E-state index contributed by atoms with van der Waals surface area (Å²) in [4.78, 5) is 28.1. The number of fused-ring (bicyclic) bond motifs is 2. The van der Waals surface area contributed by atoms with Crippen molar-refractivity contribution in [2.75, 3.05) is 40.3 Å². The molecule has 2 bridgehead atoms. The first-order valence-electron chi connectivity index (χ1n) is 7.45. The summed E-state index contributed by atoms with van der Waals surface area (Å²) in [5, 5.41) is 0. The summed E-state index contributed by atoms with van der Waals surface area (Å²) in [6.07, 6.45) is 1.53. The summed E-state index contributed by atoms with van der Waals surface area (Å²) in [6, 6.07) is 0. The second-order valence-corrected chi connectivity index (χ2v) is 6.15. The van der Waals surface area contributed by atoms with E-state index in [9.17, 15) is 9.59 Å². The maximum Gasteiger partial charge on any atom is 0.312 e. The lowest BCUT2D eigenvalue weighted by atomic mass is 9.78. The molecule has 4 atom stereocenters. The van der Waals surface area contributed by atoms with Crippen molar-refractivity contribution in [2.45, 2.75) is 25.0 Å². The normalized spacial score (nSPS) is 37.2. The molecule has 3 fully saturated rings. The van der Waals surface area contributed by atoms with Crippen LogP contribution in [0, 0.1) is 11.8 Å². The third kappa shape index (κ3) is 2.20. The summed E-state index contributed by atoms with van der Waals surface area (Å²) in [5.41, 5.74) is 0. The maximum atomic E-state index is 12.8. The van der Waals surface area contributed by atoms with Gasteiger partial charge in [0.1, 0.15) is 0 Å². The van der Waals surface area contributed by atoms with Crippen LogP contribution in [-0.4, -0.2) is 69.3 Å². The molecule has 0 saturated carbocycles. The third-order valence-electron chi connectivity index (χ3n) is 4.96. The van der Waals surface area contributed by atoms with Crippen molar-refractivity contribution in [3.05, 3.63) is 0 Å². The van der Waals surface area contributed by atoms with Gasteiger partial charge in [0.2, 0.25) is 5.91 Å². The molecule has 0 aliphatic carbocycles. The van der Waals surface area contributed by atoms with Gasteiger partial charge in [0.15, 0.2) is 0 Å². The number of rotatable bonds is 2. The molecule has 2 unspecified atom stereocenters. The minimum Gasteiger partial charge on any atom is -0.469 e. The Kier molecular flexibility index (Phi) is 3.69. The molecule has 0 aromatic carbocycles. The van der Waals surface area contributed by atoms with Crippen molar-refractivity contribution in [2.24, 2.45) is 11.8 Å². The van der Waals surface area contributed by atoms with Gasteiger partial charge in [-0.1, -0.05) is 0 Å². The van der Waals surface area contributed by atoms with Gasteiger partial charge in [0, 0.05) is 0 Å². The highest BCUT2D eigenvalue weighted by atomic mass is 16.5. The minimum atomic E-state index is -0.404. The molecule has 1 amide bonds. The number of esters is 1. The summed E-state index contributed by atoms with van der Waals surface area (Å²) in [6.45, 7) is 3.48. The van der Waals surface area contributed by atoms with Crippen LogP contribution in [0.1, 0.15) is 12.8 Å². The average molecular weight is 283 g/mol. The molecule has 0 aromatic heterocycles. The third-order valence-corrected chi connectivity index (χ3v) is 4.96. The second kappa shape index (κ2) is 5.33. The fraction of sp³-hybridized carbons (Fsp3) is 0.857. The number of ether oxygens (including phenoxy) is 2. The highest BCUT2D eigenvalue weighted by Crippen LogP contribution is 2.44. The molecular weight excluding hydrogens is 260 g/mol. The van der Waals surface area contributed by atoms with Crippen LogP contribution in [0.5, 0.6) is 0 Å². The number of carbonyl (C=O) groups excluding carboxylic acids is 2. The Morgan fingerprint density at radius 3 is 2.35 bits per heavy atom. The molecule has 0 spiro atoms. The second-order valence-electron chi connectivity index (χ2n) is 6.15. The number of likely N-dealkylation sites (N-methyl/N-ethyl adjacent to an activating group) is 1. The number of nitrogens with zero attached hydrogens (tertiary/aromatic N) is 1. The van der Waals surface area contributed by atoms with Crippen LogP contribution in [-0.2, 0) is 19.1 Å². The number of amides is 1. The Morgan fingerprint density at radius 2 is 1.75 bits per heavy atom. The standard InChI is InChI=1S/C14H22N2O4/c1-15-5-7-16(8-6-15)13(17)11-9-3-4-10(20-9)12(11)14(18)19-2/h9-12H,3-8H2,1-2H3/p+1/t9-,10+,11?,12?/m0/s1. The summed E-state index contributed by atoms with van der Waals surface area (Å²) >= 11 is 0. The van der Waals surface area contributed by atoms with Crippen LogP contribution in [0.3, 0.4) is 0 Å². The van der Waals surface area contributed by atoms with Gasteiger partial charge in [-0.3, -0.25) is 9.59 Å². The zero-order valence-corrected chi connectivity index (χ0v) is 12.1. The van der Waals surface area contributed by atoms with Crippen LogP contribution in [0.4, 0.5) is 0 Å². The molecule has 3 aliphatic rings. The Bertz CT molecular complexity index is 406. The van der Waals surface area contributed by atoms with Crippen molar-refractivity contribution in [1.82, 2.24) is 4.90 Å². The molecule has 112 valence electrons. The van der Waals surface area contributed by atoms with E-state index in [1.165, 1.54) is 12.0 Å². The largest absolute Gasteiger partial charge is 0.469 e. The summed E-state index contributed by atoms with van der Waals surface area (Å²) in [5.74, 6) is -0.951. The van der Waals surface area contributed by atoms with Gasteiger partial charge < -0.3 is 19.3 Å². The van der Waals surface area contributed by atoms with E-state index in [1.807, 2.05) is 4.90 Å². The van der Waals surface area contributed by atoms with Gasteiger partial charge in [-0.05, 0) is 12.8 Å². The quantitative estimate of drug-likeness (QED) is 0.614. The number of piperazine rings is 1. The lowest BCUT2D eigenvalue weighted by molar-refractivity contribution is -0.883. The smallest absolute Gasteiger partial charge is 0.312 e. The number of quaternary nitrogens is 1. The fourth-order valence-corrected chi connectivity index (χ4v) is 3.75. The van der Waals surface area contributed by atoms with E-state index >= 15 is 0 Å². The molecule has 0 radical (unpaired) electrons. The molecule has 6 heteroatoms. The van der Waals surface area contributed by atoms with E-state index in [0.29, 0.717) is 0 Å². The predicted octanol–water partition coefficient (Wildman–Crippen LogP) is -1.69. The van der Waals surface area contributed by atoms with Crippen LogP contribution in [0.15, 0.2) is 0 Å². The van der Waals surface area contributed by atoms with E-state index in [4.69, 9.17) is 9.47 Å². The molecule has 1 N–H and O–H groups in total. The molecule has 20 heavy (non-hydrogen) atoms. The number of carbonyl (C=O) groups is 2. The first-order chi connectivity index (χ1) is 9.61.